The van der Waals surface area contributed by atoms with Gasteiger partial charge in [-0.05, 0) is 41.1 Å². The predicted octanol–water partition coefficient (Wildman–Crippen LogP) is 1.55. The SMILES string of the molecule is CC(O)CN(C)c1ccc(C(=N)N)cc1Br. The van der Waals surface area contributed by atoms with E-state index in [9.17, 15) is 5.11 Å². The highest BCUT2D eigenvalue weighted by atomic mass is 79.9. The number of amidine groups is 1. The van der Waals surface area contributed by atoms with E-state index in [1.54, 1.807) is 19.1 Å². The summed E-state index contributed by atoms with van der Waals surface area (Å²) < 4.78 is 0.864. The summed E-state index contributed by atoms with van der Waals surface area (Å²) in [5.41, 5.74) is 7.04. The van der Waals surface area contributed by atoms with Crippen LogP contribution >= 0.6 is 15.9 Å². The van der Waals surface area contributed by atoms with Crippen molar-refractivity contribution >= 4 is 27.5 Å². The van der Waals surface area contributed by atoms with Crippen LogP contribution in [0.2, 0.25) is 0 Å². The molecular weight excluding hydrogens is 270 g/mol. The molecule has 88 valence electrons. The van der Waals surface area contributed by atoms with Gasteiger partial charge < -0.3 is 15.7 Å². The number of aliphatic hydroxyl groups is 1. The van der Waals surface area contributed by atoms with Crippen LogP contribution in [-0.4, -0.2) is 30.6 Å². The van der Waals surface area contributed by atoms with Crippen LogP contribution in [0.4, 0.5) is 5.69 Å². The van der Waals surface area contributed by atoms with Gasteiger partial charge in [0.15, 0.2) is 0 Å². The number of anilines is 1. The first-order chi connectivity index (χ1) is 7.41. The number of nitrogen functional groups attached to an aromatic ring is 1. The van der Waals surface area contributed by atoms with Crippen molar-refractivity contribution in [2.24, 2.45) is 5.73 Å². The minimum Gasteiger partial charge on any atom is -0.392 e. The highest BCUT2D eigenvalue weighted by molar-refractivity contribution is 9.10. The van der Waals surface area contributed by atoms with Crippen LogP contribution in [0.25, 0.3) is 0 Å². The Bertz CT molecular complexity index is 393. The Morgan fingerprint density at radius 3 is 2.69 bits per heavy atom. The topological polar surface area (TPSA) is 73.3 Å². The van der Waals surface area contributed by atoms with Gasteiger partial charge in [0, 0.05) is 23.6 Å². The molecule has 0 radical (unpaired) electrons. The molecule has 0 fully saturated rings. The lowest BCUT2D eigenvalue weighted by molar-refractivity contribution is 0.201. The van der Waals surface area contributed by atoms with E-state index in [1.807, 2.05) is 18.0 Å². The summed E-state index contributed by atoms with van der Waals surface area (Å²) in [4.78, 5) is 1.94. The molecule has 0 saturated heterocycles. The third kappa shape index (κ3) is 3.21. The van der Waals surface area contributed by atoms with Crippen LogP contribution in [0.5, 0.6) is 0 Å². The fraction of sp³-hybridized carbons (Fsp3) is 0.364. The molecule has 0 spiro atoms. The average Bonchev–Trinajstić information content (AvgIpc) is 2.15. The molecule has 0 aromatic heterocycles. The number of hydrogen-bond acceptors (Lipinski definition) is 3. The maximum atomic E-state index is 9.31. The Labute approximate surface area is 104 Å². The van der Waals surface area contributed by atoms with Gasteiger partial charge in [0.2, 0.25) is 0 Å². The number of nitrogens with one attached hydrogen (secondary N) is 1. The third-order valence-corrected chi connectivity index (χ3v) is 2.84. The number of likely N-dealkylation sites (N-methyl/N-ethyl adjacent to an activating group) is 1. The van der Waals surface area contributed by atoms with E-state index in [-0.39, 0.29) is 11.9 Å². The highest BCUT2D eigenvalue weighted by Gasteiger charge is 2.09. The van der Waals surface area contributed by atoms with Gasteiger partial charge in [-0.2, -0.15) is 0 Å². The number of aliphatic hydroxyl groups excluding tert-OH is 1. The lowest BCUT2D eigenvalue weighted by Gasteiger charge is -2.22. The van der Waals surface area contributed by atoms with Crippen molar-refractivity contribution in [3.63, 3.8) is 0 Å². The van der Waals surface area contributed by atoms with E-state index in [1.165, 1.54) is 0 Å². The van der Waals surface area contributed by atoms with Gasteiger partial charge in [-0.3, -0.25) is 5.41 Å². The molecule has 0 saturated carbocycles. The van der Waals surface area contributed by atoms with Crippen molar-refractivity contribution in [1.29, 1.82) is 5.41 Å². The lowest BCUT2D eigenvalue weighted by Crippen LogP contribution is -2.27. The Balaban J connectivity index is 2.94. The molecule has 0 heterocycles. The number of nitrogens with zero attached hydrogens (tertiary/aromatic N) is 1. The van der Waals surface area contributed by atoms with Crippen molar-refractivity contribution in [1.82, 2.24) is 0 Å². The van der Waals surface area contributed by atoms with Gasteiger partial charge >= 0.3 is 0 Å². The minimum absolute atomic E-state index is 0.0467. The van der Waals surface area contributed by atoms with Gasteiger partial charge in [-0.1, -0.05) is 0 Å². The van der Waals surface area contributed by atoms with E-state index in [0.717, 1.165) is 10.2 Å². The zero-order chi connectivity index (χ0) is 12.3. The maximum absolute atomic E-state index is 9.31. The van der Waals surface area contributed by atoms with Crippen molar-refractivity contribution in [3.8, 4) is 0 Å². The molecule has 1 rings (SSSR count). The monoisotopic (exact) mass is 285 g/mol. The number of rotatable bonds is 4. The quantitative estimate of drug-likeness (QED) is 0.581. The molecule has 16 heavy (non-hydrogen) atoms. The average molecular weight is 286 g/mol. The van der Waals surface area contributed by atoms with Gasteiger partial charge in [0.1, 0.15) is 5.84 Å². The second kappa shape index (κ2) is 5.32. The molecule has 1 unspecified atom stereocenters. The summed E-state index contributed by atoms with van der Waals surface area (Å²) in [6.45, 7) is 2.30. The largest absolute Gasteiger partial charge is 0.392 e. The molecule has 1 aromatic rings. The van der Waals surface area contributed by atoms with E-state index >= 15 is 0 Å². The lowest BCUT2D eigenvalue weighted by atomic mass is 10.2. The molecule has 1 atom stereocenters. The normalized spacial score (nSPS) is 12.2. The number of benzene rings is 1. The maximum Gasteiger partial charge on any atom is 0.122 e. The number of nitrogens with two attached hydrogens (primary N) is 1. The first-order valence-electron chi connectivity index (χ1n) is 4.95. The predicted molar refractivity (Wildman–Crippen MR) is 70.1 cm³/mol. The van der Waals surface area contributed by atoms with Crippen molar-refractivity contribution in [2.75, 3.05) is 18.5 Å². The van der Waals surface area contributed by atoms with Crippen LogP contribution in [0.15, 0.2) is 22.7 Å². The fourth-order valence-electron chi connectivity index (χ4n) is 1.48. The summed E-state index contributed by atoms with van der Waals surface area (Å²) in [6, 6.07) is 5.47. The summed E-state index contributed by atoms with van der Waals surface area (Å²) in [6.07, 6.45) is -0.385. The van der Waals surface area contributed by atoms with Crippen LogP contribution in [0.1, 0.15) is 12.5 Å². The molecule has 0 aliphatic carbocycles. The fourth-order valence-corrected chi connectivity index (χ4v) is 2.16. The smallest absolute Gasteiger partial charge is 0.122 e. The Kier molecular flexibility index (Phi) is 4.32. The van der Waals surface area contributed by atoms with Crippen LogP contribution < -0.4 is 10.6 Å². The Hall–Kier alpha value is -1.07. The van der Waals surface area contributed by atoms with E-state index < -0.39 is 0 Å². The second-order valence-electron chi connectivity index (χ2n) is 3.81. The molecule has 5 heteroatoms. The second-order valence-corrected chi connectivity index (χ2v) is 4.66. The zero-order valence-corrected chi connectivity index (χ0v) is 11.0. The summed E-state index contributed by atoms with van der Waals surface area (Å²) in [5.74, 6) is 0.0467. The Morgan fingerprint density at radius 1 is 1.62 bits per heavy atom. The number of halogens is 1. The molecule has 4 nitrogen and oxygen atoms in total. The Morgan fingerprint density at radius 2 is 2.25 bits per heavy atom. The molecular formula is C11H16BrN3O. The molecule has 0 bridgehead atoms. The molecule has 0 aliphatic rings. The first kappa shape index (κ1) is 13.0. The van der Waals surface area contributed by atoms with E-state index in [4.69, 9.17) is 11.1 Å². The first-order valence-corrected chi connectivity index (χ1v) is 5.74. The summed E-state index contributed by atoms with van der Waals surface area (Å²) in [7, 11) is 1.90. The van der Waals surface area contributed by atoms with Crippen molar-refractivity contribution < 1.29 is 5.11 Å². The minimum atomic E-state index is -0.385. The van der Waals surface area contributed by atoms with Crippen molar-refractivity contribution in [2.45, 2.75) is 13.0 Å². The van der Waals surface area contributed by atoms with Gasteiger partial charge in [-0.25, -0.2) is 0 Å². The highest BCUT2D eigenvalue weighted by Crippen LogP contribution is 2.26. The van der Waals surface area contributed by atoms with Crippen LogP contribution in [0.3, 0.4) is 0 Å². The molecule has 4 N–H and O–H groups in total. The van der Waals surface area contributed by atoms with Gasteiger partial charge in [0.05, 0.1) is 11.8 Å². The summed E-state index contributed by atoms with van der Waals surface area (Å²) in [5, 5.41) is 16.6. The summed E-state index contributed by atoms with van der Waals surface area (Å²) >= 11 is 3.43. The molecule has 0 amide bonds. The molecule has 0 aliphatic heterocycles. The van der Waals surface area contributed by atoms with E-state index in [2.05, 4.69) is 15.9 Å². The number of hydrogen-bond donors (Lipinski definition) is 3. The van der Waals surface area contributed by atoms with Crippen LogP contribution in [0, 0.1) is 5.41 Å². The van der Waals surface area contributed by atoms with Crippen LogP contribution in [-0.2, 0) is 0 Å². The van der Waals surface area contributed by atoms with Gasteiger partial charge in [-0.15, -0.1) is 0 Å². The van der Waals surface area contributed by atoms with Crippen molar-refractivity contribution in [3.05, 3.63) is 28.2 Å². The standard InChI is InChI=1S/C11H16BrN3O/c1-7(16)6-15(2)10-4-3-8(11(13)14)5-9(10)12/h3-5,7,16H,6H2,1-2H3,(H3,13,14). The van der Waals surface area contributed by atoms with E-state index in [0.29, 0.717) is 12.1 Å². The third-order valence-electron chi connectivity index (χ3n) is 2.21. The zero-order valence-electron chi connectivity index (χ0n) is 9.37. The molecule has 1 aromatic carbocycles. The van der Waals surface area contributed by atoms with Gasteiger partial charge in [0.25, 0.3) is 0 Å².